The predicted octanol–water partition coefficient (Wildman–Crippen LogP) is 2.06. The van der Waals surface area contributed by atoms with Crippen LogP contribution in [0.25, 0.3) is 0 Å². The van der Waals surface area contributed by atoms with Crippen molar-refractivity contribution in [2.75, 3.05) is 20.6 Å². The monoisotopic (exact) mass is 292 g/mol. The molecule has 0 fully saturated rings. The molecule has 0 saturated carbocycles. The van der Waals surface area contributed by atoms with E-state index < -0.39 is 0 Å². The molecule has 20 heavy (non-hydrogen) atoms. The second-order valence-corrected chi connectivity index (χ2v) is 6.65. The van der Waals surface area contributed by atoms with E-state index in [0.717, 1.165) is 49.1 Å². The molecule has 1 aliphatic heterocycles. The first-order valence-electron chi connectivity index (χ1n) is 6.86. The maximum atomic E-state index is 5.47. The highest BCUT2D eigenvalue weighted by atomic mass is 32.1. The van der Waals surface area contributed by atoms with Gasteiger partial charge in [0.1, 0.15) is 11.5 Å². The van der Waals surface area contributed by atoms with Gasteiger partial charge in [-0.25, -0.2) is 4.98 Å². The summed E-state index contributed by atoms with van der Waals surface area (Å²) in [6.07, 6.45) is 0.943. The third kappa shape index (κ3) is 2.92. The van der Waals surface area contributed by atoms with Gasteiger partial charge in [0.05, 0.1) is 10.7 Å². The normalized spacial score (nSPS) is 15.8. The van der Waals surface area contributed by atoms with E-state index in [1.807, 2.05) is 0 Å². The van der Waals surface area contributed by atoms with Gasteiger partial charge >= 0.3 is 0 Å². The van der Waals surface area contributed by atoms with Crippen molar-refractivity contribution in [1.82, 2.24) is 19.9 Å². The number of thiazole rings is 1. The number of fused-ring (bicyclic) bond motifs is 1. The molecule has 0 spiro atoms. The highest BCUT2D eigenvalue weighted by Crippen LogP contribution is 2.24. The highest BCUT2D eigenvalue weighted by molar-refractivity contribution is 7.09. The van der Waals surface area contributed by atoms with Crippen molar-refractivity contribution in [3.8, 4) is 0 Å². The van der Waals surface area contributed by atoms with Gasteiger partial charge in [0.2, 0.25) is 0 Å². The third-order valence-corrected chi connectivity index (χ3v) is 4.33. The van der Waals surface area contributed by atoms with E-state index in [-0.39, 0.29) is 0 Å². The maximum absolute atomic E-state index is 5.47. The van der Waals surface area contributed by atoms with Crippen LogP contribution in [0.3, 0.4) is 0 Å². The lowest BCUT2D eigenvalue weighted by molar-refractivity contribution is 0.226. The standard InChI is InChI=1S/C14H20N4OS/c1-10-15-11(9-20-10)6-18-5-4-14-12(7-18)13(16-19-14)8-17(2)3/h9H,4-8H2,1-3H3. The molecule has 0 atom stereocenters. The molecule has 0 bridgehead atoms. The van der Waals surface area contributed by atoms with E-state index in [0.29, 0.717) is 0 Å². The van der Waals surface area contributed by atoms with E-state index >= 15 is 0 Å². The van der Waals surface area contributed by atoms with Crippen molar-refractivity contribution < 1.29 is 4.52 Å². The molecule has 1 aliphatic rings. The first kappa shape index (κ1) is 13.7. The summed E-state index contributed by atoms with van der Waals surface area (Å²) < 4.78 is 5.47. The van der Waals surface area contributed by atoms with Crippen LogP contribution in [0.5, 0.6) is 0 Å². The Morgan fingerprint density at radius 1 is 1.45 bits per heavy atom. The first-order valence-corrected chi connectivity index (χ1v) is 7.74. The Labute approximate surface area is 123 Å². The Kier molecular flexibility index (Phi) is 3.87. The van der Waals surface area contributed by atoms with Gasteiger partial charge < -0.3 is 9.42 Å². The topological polar surface area (TPSA) is 45.4 Å². The molecule has 0 radical (unpaired) electrons. The molecular weight excluding hydrogens is 272 g/mol. The highest BCUT2D eigenvalue weighted by Gasteiger charge is 2.24. The molecule has 0 saturated heterocycles. The van der Waals surface area contributed by atoms with E-state index in [1.54, 1.807) is 11.3 Å². The van der Waals surface area contributed by atoms with Crippen LogP contribution in [0.4, 0.5) is 0 Å². The molecular formula is C14H20N4OS. The summed E-state index contributed by atoms with van der Waals surface area (Å²) in [5, 5.41) is 7.51. The minimum Gasteiger partial charge on any atom is -0.361 e. The van der Waals surface area contributed by atoms with Crippen molar-refractivity contribution >= 4 is 11.3 Å². The second kappa shape index (κ2) is 5.63. The average Bonchev–Trinajstić information content (AvgIpc) is 2.96. The van der Waals surface area contributed by atoms with Crippen LogP contribution in [0.1, 0.15) is 27.7 Å². The number of rotatable bonds is 4. The zero-order chi connectivity index (χ0) is 14.1. The molecule has 3 heterocycles. The molecule has 0 aliphatic carbocycles. The minimum absolute atomic E-state index is 0.836. The lowest BCUT2D eigenvalue weighted by atomic mass is 10.1. The van der Waals surface area contributed by atoms with Crippen molar-refractivity contribution in [3.63, 3.8) is 0 Å². The van der Waals surface area contributed by atoms with Crippen LogP contribution < -0.4 is 0 Å². The van der Waals surface area contributed by atoms with Crippen LogP contribution in [0.2, 0.25) is 0 Å². The number of hydrogen-bond acceptors (Lipinski definition) is 6. The largest absolute Gasteiger partial charge is 0.361 e. The summed E-state index contributed by atoms with van der Waals surface area (Å²) >= 11 is 1.72. The van der Waals surface area contributed by atoms with E-state index in [2.05, 4.69) is 46.3 Å². The minimum atomic E-state index is 0.836. The summed E-state index contributed by atoms with van der Waals surface area (Å²) in [7, 11) is 4.11. The summed E-state index contributed by atoms with van der Waals surface area (Å²) in [5.74, 6) is 1.06. The lowest BCUT2D eigenvalue weighted by Gasteiger charge is -2.25. The van der Waals surface area contributed by atoms with E-state index in [4.69, 9.17) is 4.52 Å². The van der Waals surface area contributed by atoms with Crippen molar-refractivity contribution in [1.29, 1.82) is 0 Å². The molecule has 2 aromatic heterocycles. The summed E-state index contributed by atoms with van der Waals surface area (Å²) in [6.45, 7) is 5.73. The van der Waals surface area contributed by atoms with Crippen LogP contribution >= 0.6 is 11.3 Å². The molecule has 0 unspecified atom stereocenters. The fraction of sp³-hybridized carbons (Fsp3) is 0.571. The van der Waals surface area contributed by atoms with Crippen molar-refractivity contribution in [2.24, 2.45) is 0 Å². The third-order valence-electron chi connectivity index (χ3n) is 3.51. The van der Waals surface area contributed by atoms with Crippen LogP contribution in [0, 0.1) is 6.92 Å². The Hall–Kier alpha value is -1.24. The van der Waals surface area contributed by atoms with Gasteiger partial charge in [-0.2, -0.15) is 0 Å². The first-order chi connectivity index (χ1) is 9.61. The van der Waals surface area contributed by atoms with E-state index in [1.165, 1.54) is 11.3 Å². The van der Waals surface area contributed by atoms with Crippen LogP contribution in [-0.2, 0) is 26.1 Å². The van der Waals surface area contributed by atoms with Gasteiger partial charge in [0.15, 0.2) is 0 Å². The number of hydrogen-bond donors (Lipinski definition) is 0. The molecule has 0 N–H and O–H groups in total. The molecule has 6 heteroatoms. The lowest BCUT2D eigenvalue weighted by Crippen LogP contribution is -2.30. The maximum Gasteiger partial charge on any atom is 0.142 e. The zero-order valence-corrected chi connectivity index (χ0v) is 13.0. The Morgan fingerprint density at radius 3 is 3.00 bits per heavy atom. The second-order valence-electron chi connectivity index (χ2n) is 5.59. The number of aromatic nitrogens is 2. The fourth-order valence-electron chi connectivity index (χ4n) is 2.59. The Morgan fingerprint density at radius 2 is 2.30 bits per heavy atom. The fourth-order valence-corrected chi connectivity index (χ4v) is 3.19. The Bertz CT molecular complexity index is 590. The Balaban J connectivity index is 1.72. The van der Waals surface area contributed by atoms with Gasteiger partial charge in [0.25, 0.3) is 0 Å². The average molecular weight is 292 g/mol. The zero-order valence-electron chi connectivity index (χ0n) is 12.2. The predicted molar refractivity (Wildman–Crippen MR) is 78.6 cm³/mol. The molecule has 0 aromatic carbocycles. The summed E-state index contributed by atoms with van der Waals surface area (Å²) in [4.78, 5) is 9.10. The molecule has 5 nitrogen and oxygen atoms in total. The van der Waals surface area contributed by atoms with Gasteiger partial charge in [-0.05, 0) is 21.0 Å². The van der Waals surface area contributed by atoms with Gasteiger partial charge in [-0.15, -0.1) is 11.3 Å². The SMILES string of the molecule is Cc1nc(CN2CCc3onc(CN(C)C)c3C2)cs1. The van der Waals surface area contributed by atoms with Crippen molar-refractivity contribution in [2.45, 2.75) is 33.0 Å². The number of nitrogens with zero attached hydrogens (tertiary/aromatic N) is 4. The number of aryl methyl sites for hydroxylation is 1. The molecule has 108 valence electrons. The molecule has 3 rings (SSSR count). The van der Waals surface area contributed by atoms with Crippen molar-refractivity contribution in [3.05, 3.63) is 33.1 Å². The summed E-state index contributed by atoms with van der Waals surface area (Å²) in [5.41, 5.74) is 3.52. The summed E-state index contributed by atoms with van der Waals surface area (Å²) in [6, 6.07) is 0. The molecule has 0 amide bonds. The van der Waals surface area contributed by atoms with Crippen LogP contribution in [-0.4, -0.2) is 40.6 Å². The van der Waals surface area contributed by atoms with Crippen LogP contribution in [0.15, 0.2) is 9.90 Å². The van der Waals surface area contributed by atoms with Gasteiger partial charge in [-0.3, -0.25) is 4.90 Å². The molecule has 2 aromatic rings. The van der Waals surface area contributed by atoms with Gasteiger partial charge in [0, 0.05) is 43.5 Å². The smallest absolute Gasteiger partial charge is 0.142 e. The quantitative estimate of drug-likeness (QED) is 0.863. The van der Waals surface area contributed by atoms with E-state index in [9.17, 15) is 0 Å². The van der Waals surface area contributed by atoms with Gasteiger partial charge in [-0.1, -0.05) is 5.16 Å².